The molecule has 10 nitrogen and oxygen atoms in total. The van der Waals surface area contributed by atoms with Crippen LogP contribution in [0.1, 0.15) is 84.6 Å². The normalized spacial score (nSPS) is 32.6. The molecule has 49 heavy (non-hydrogen) atoms. The number of benzene rings is 1. The standard InChI is InChI=1S/C39H50N4O6/c1-6-39(48)18-15-30-28-12-11-25-20-26(13-16-37(25,4)29(28)14-17-38(30,39)5)43-49-22-33(44)42-34(23(2)3)35(45)41-32(36(46)47)19-24-21-40-31-10-8-7-9-27(24)31/h1,7-10,20-21,23,28-30,32,34,40,48H,11-19,22H2,2-5H3,(H,41,45)(H,42,44)(H,46,47)/b43-26-/t28-,29+,30+,32+,34-,37+,38+,39-/m1/s1. The van der Waals surface area contributed by atoms with E-state index >= 15 is 0 Å². The van der Waals surface area contributed by atoms with E-state index in [1.165, 1.54) is 5.57 Å². The van der Waals surface area contributed by atoms with Crippen molar-refractivity contribution in [2.75, 3.05) is 6.61 Å². The number of allylic oxidation sites excluding steroid dienone is 2. The molecule has 1 aromatic carbocycles. The number of aromatic amines is 1. The Morgan fingerprint density at radius 2 is 1.84 bits per heavy atom. The van der Waals surface area contributed by atoms with Gasteiger partial charge in [0, 0.05) is 28.9 Å². The van der Waals surface area contributed by atoms with Crippen molar-refractivity contribution in [3.8, 4) is 12.3 Å². The van der Waals surface area contributed by atoms with Gasteiger partial charge in [-0.15, -0.1) is 6.42 Å². The quantitative estimate of drug-likeness (QED) is 0.175. The fraction of sp³-hybridized carbons (Fsp3) is 0.590. The number of hydrogen-bond donors (Lipinski definition) is 5. The van der Waals surface area contributed by atoms with E-state index in [0.29, 0.717) is 24.2 Å². The van der Waals surface area contributed by atoms with Crippen LogP contribution in [0.25, 0.3) is 10.9 Å². The zero-order chi connectivity index (χ0) is 35.1. The van der Waals surface area contributed by atoms with Crippen LogP contribution in [0.3, 0.4) is 0 Å². The van der Waals surface area contributed by atoms with Crippen LogP contribution in [0.4, 0.5) is 0 Å². The maximum atomic E-state index is 13.2. The maximum absolute atomic E-state index is 13.2. The number of carbonyl (C=O) groups is 3. The number of oxime groups is 1. The van der Waals surface area contributed by atoms with Gasteiger partial charge in [-0.2, -0.15) is 0 Å². The van der Waals surface area contributed by atoms with Gasteiger partial charge in [0.25, 0.3) is 5.91 Å². The Labute approximate surface area is 288 Å². The molecule has 2 aromatic rings. The number of hydrogen-bond acceptors (Lipinski definition) is 6. The molecule has 1 aromatic heterocycles. The van der Waals surface area contributed by atoms with Gasteiger partial charge in [0.15, 0.2) is 6.61 Å². The summed E-state index contributed by atoms with van der Waals surface area (Å²) in [5, 5.41) is 31.7. The molecule has 0 bridgehead atoms. The minimum Gasteiger partial charge on any atom is -0.480 e. The van der Waals surface area contributed by atoms with Crippen molar-refractivity contribution in [3.05, 3.63) is 47.7 Å². The molecule has 0 saturated heterocycles. The minimum absolute atomic E-state index is 0.0668. The fourth-order valence-electron chi connectivity index (χ4n) is 9.80. The molecule has 5 N–H and O–H groups in total. The van der Waals surface area contributed by atoms with Gasteiger partial charge >= 0.3 is 5.97 Å². The number of amides is 2. The summed E-state index contributed by atoms with van der Waals surface area (Å²) in [6.45, 7) is 7.81. The summed E-state index contributed by atoms with van der Waals surface area (Å²) < 4.78 is 0. The minimum atomic E-state index is -1.17. The lowest BCUT2D eigenvalue weighted by Gasteiger charge is -2.58. The molecule has 3 saturated carbocycles. The number of nitrogens with one attached hydrogen (secondary N) is 3. The highest BCUT2D eigenvalue weighted by atomic mass is 16.6. The molecule has 4 aliphatic carbocycles. The monoisotopic (exact) mass is 670 g/mol. The highest BCUT2D eigenvalue weighted by Gasteiger charge is 2.63. The average molecular weight is 671 g/mol. The van der Waals surface area contributed by atoms with Gasteiger partial charge < -0.3 is 30.7 Å². The first-order valence-electron chi connectivity index (χ1n) is 17.8. The van der Waals surface area contributed by atoms with Crippen LogP contribution in [0, 0.1) is 46.8 Å². The van der Waals surface area contributed by atoms with Crippen LogP contribution < -0.4 is 10.6 Å². The number of aliphatic carboxylic acids is 1. The van der Waals surface area contributed by atoms with Crippen LogP contribution in [0.2, 0.25) is 0 Å². The topological polar surface area (TPSA) is 153 Å². The van der Waals surface area contributed by atoms with Gasteiger partial charge in [-0.3, -0.25) is 9.59 Å². The average Bonchev–Trinajstić information content (AvgIpc) is 3.60. The number of aliphatic hydroxyl groups is 1. The van der Waals surface area contributed by atoms with Crippen LogP contribution in [0.5, 0.6) is 0 Å². The number of H-pyrrole nitrogens is 1. The molecule has 0 radical (unpaired) electrons. The number of nitrogens with zero attached hydrogens (tertiary/aromatic N) is 1. The smallest absolute Gasteiger partial charge is 0.326 e. The van der Waals surface area contributed by atoms with Crippen LogP contribution >= 0.6 is 0 Å². The number of aromatic nitrogens is 1. The molecular weight excluding hydrogens is 620 g/mol. The van der Waals surface area contributed by atoms with E-state index in [1.807, 2.05) is 24.3 Å². The second-order valence-electron chi connectivity index (χ2n) is 15.6. The summed E-state index contributed by atoms with van der Waals surface area (Å²) >= 11 is 0. The van der Waals surface area contributed by atoms with Gasteiger partial charge in [0.1, 0.15) is 17.7 Å². The third kappa shape index (κ3) is 6.27. The van der Waals surface area contributed by atoms with Crippen molar-refractivity contribution in [2.45, 2.75) is 103 Å². The molecule has 10 heteroatoms. The van der Waals surface area contributed by atoms with Crippen LogP contribution in [0.15, 0.2) is 47.3 Å². The van der Waals surface area contributed by atoms with Crippen LogP contribution in [-0.4, -0.2) is 63.0 Å². The largest absolute Gasteiger partial charge is 0.480 e. The molecule has 0 spiro atoms. The van der Waals surface area contributed by atoms with E-state index in [2.05, 4.69) is 46.6 Å². The van der Waals surface area contributed by atoms with E-state index in [1.54, 1.807) is 20.0 Å². The first-order chi connectivity index (χ1) is 23.3. The van der Waals surface area contributed by atoms with E-state index in [-0.39, 0.29) is 29.8 Å². The lowest BCUT2D eigenvalue weighted by molar-refractivity contribution is -0.142. The summed E-state index contributed by atoms with van der Waals surface area (Å²) in [5.41, 5.74) is 2.70. The second-order valence-corrected chi connectivity index (χ2v) is 15.6. The lowest BCUT2D eigenvalue weighted by atomic mass is 9.46. The molecule has 4 aliphatic rings. The van der Waals surface area contributed by atoms with E-state index in [9.17, 15) is 24.6 Å². The van der Waals surface area contributed by atoms with Crippen molar-refractivity contribution >= 4 is 34.4 Å². The van der Waals surface area contributed by atoms with Gasteiger partial charge in [0.2, 0.25) is 5.91 Å². The number of fused-ring (bicyclic) bond motifs is 6. The number of terminal acetylenes is 1. The number of carboxylic acid groups (broad SMARTS) is 1. The fourth-order valence-corrected chi connectivity index (χ4v) is 9.80. The zero-order valence-electron chi connectivity index (χ0n) is 29.1. The van der Waals surface area contributed by atoms with Gasteiger partial charge in [-0.25, -0.2) is 4.79 Å². The number of carboxylic acids is 1. The lowest BCUT2D eigenvalue weighted by Crippen LogP contribution is -2.54. The first kappa shape index (κ1) is 34.8. The molecule has 2 amide bonds. The molecule has 0 unspecified atom stereocenters. The molecule has 0 aliphatic heterocycles. The second kappa shape index (κ2) is 13.3. The van der Waals surface area contributed by atoms with Crippen molar-refractivity contribution in [1.29, 1.82) is 0 Å². The van der Waals surface area contributed by atoms with Gasteiger partial charge in [-0.05, 0) is 98.2 Å². The Morgan fingerprint density at radius 3 is 2.57 bits per heavy atom. The van der Waals surface area contributed by atoms with E-state index in [4.69, 9.17) is 11.3 Å². The predicted octanol–water partition coefficient (Wildman–Crippen LogP) is 5.12. The maximum Gasteiger partial charge on any atom is 0.326 e. The molecule has 6 rings (SSSR count). The third-order valence-corrected chi connectivity index (χ3v) is 12.7. The Morgan fingerprint density at radius 1 is 1.08 bits per heavy atom. The highest BCUT2D eigenvalue weighted by molar-refractivity contribution is 5.96. The number of para-hydroxylation sites is 1. The molecular formula is C39H50N4O6. The summed E-state index contributed by atoms with van der Waals surface area (Å²) in [4.78, 5) is 46.9. The molecule has 1 heterocycles. The van der Waals surface area contributed by atoms with Crippen molar-refractivity contribution in [3.63, 3.8) is 0 Å². The summed E-state index contributed by atoms with van der Waals surface area (Å²) in [5.74, 6) is 1.76. The predicted molar refractivity (Wildman–Crippen MR) is 187 cm³/mol. The van der Waals surface area contributed by atoms with Gasteiger partial charge in [-0.1, -0.05) is 62.5 Å². The van der Waals surface area contributed by atoms with Gasteiger partial charge in [0.05, 0.1) is 5.71 Å². The van der Waals surface area contributed by atoms with Crippen molar-refractivity contribution in [1.82, 2.24) is 15.6 Å². The highest BCUT2D eigenvalue weighted by Crippen LogP contribution is 2.67. The number of rotatable bonds is 10. The van der Waals surface area contributed by atoms with Crippen molar-refractivity contribution in [2.24, 2.45) is 39.7 Å². The zero-order valence-corrected chi connectivity index (χ0v) is 29.1. The third-order valence-electron chi connectivity index (χ3n) is 12.7. The molecule has 3 fully saturated rings. The number of carbonyl (C=O) groups excluding carboxylic acids is 2. The van der Waals surface area contributed by atoms with E-state index < -0.39 is 35.5 Å². The Kier molecular flexibility index (Phi) is 9.44. The Balaban J connectivity index is 1.04. The first-order valence-corrected chi connectivity index (χ1v) is 17.8. The van der Waals surface area contributed by atoms with Crippen LogP contribution in [-0.2, 0) is 25.6 Å². The molecule has 8 atom stereocenters. The molecule has 262 valence electrons. The SMILES string of the molecule is C#C[C@@]1(O)CC[C@H]2[C@@H]3CCC4=C/C(=N\OCC(=O)N[C@@H](C(=O)N[C@@H](Cc5c[nH]c6ccccc56)C(=O)O)C(C)C)CC[C@]4(C)[C@H]3CC[C@@]21C. The summed E-state index contributed by atoms with van der Waals surface area (Å²) in [7, 11) is 0. The Hall–Kier alpha value is -4.10. The summed E-state index contributed by atoms with van der Waals surface area (Å²) in [6, 6.07) is 5.45. The van der Waals surface area contributed by atoms with Crippen molar-refractivity contribution < 1.29 is 29.4 Å². The van der Waals surface area contributed by atoms with E-state index in [0.717, 1.165) is 67.1 Å². The summed E-state index contributed by atoms with van der Waals surface area (Å²) in [6.07, 6.45) is 17.3. The Bertz CT molecular complexity index is 1720.